The fourth-order valence-electron chi connectivity index (χ4n) is 2.59. The number of rotatable bonds is 9. The molecule has 29 heavy (non-hydrogen) atoms. The number of halogens is 2. The lowest BCUT2D eigenvalue weighted by Crippen LogP contribution is -2.50. The van der Waals surface area contributed by atoms with Crippen LogP contribution >= 0.6 is 34.2 Å². The third-order valence-electron chi connectivity index (χ3n) is 4.61. The van der Waals surface area contributed by atoms with Gasteiger partial charge in [0.25, 0.3) is 5.91 Å². The van der Waals surface area contributed by atoms with E-state index in [0.717, 1.165) is 15.6 Å². The molecule has 0 radical (unpaired) electrons. The van der Waals surface area contributed by atoms with E-state index in [2.05, 4.69) is 27.9 Å². The first-order valence-corrected chi connectivity index (χ1v) is 11.0. The van der Waals surface area contributed by atoms with Crippen molar-refractivity contribution in [1.82, 2.24) is 10.2 Å². The van der Waals surface area contributed by atoms with Gasteiger partial charge in [-0.1, -0.05) is 30.7 Å². The van der Waals surface area contributed by atoms with Gasteiger partial charge in [-0.25, -0.2) is 0 Å². The van der Waals surface area contributed by atoms with Crippen LogP contribution in [0, 0.1) is 3.57 Å². The maximum atomic E-state index is 12.9. The molecule has 0 aliphatic rings. The van der Waals surface area contributed by atoms with Crippen LogP contribution in [-0.4, -0.2) is 35.4 Å². The second-order valence-electron chi connectivity index (χ2n) is 6.88. The summed E-state index contributed by atoms with van der Waals surface area (Å²) >= 11 is 8.17. The van der Waals surface area contributed by atoms with Crippen molar-refractivity contribution in [2.24, 2.45) is 0 Å². The van der Waals surface area contributed by atoms with E-state index in [0.29, 0.717) is 17.3 Å². The first kappa shape index (κ1) is 23.5. The van der Waals surface area contributed by atoms with Crippen LogP contribution in [0.2, 0.25) is 5.02 Å². The lowest BCUT2D eigenvalue weighted by molar-refractivity contribution is -0.142. The normalized spacial score (nSPS) is 12.7. The second-order valence-corrected chi connectivity index (χ2v) is 8.57. The molecular formula is C22H26ClIN2O3. The summed E-state index contributed by atoms with van der Waals surface area (Å²) in [7, 11) is 0. The Balaban J connectivity index is 2.13. The molecule has 7 heteroatoms. The molecule has 0 heterocycles. The van der Waals surface area contributed by atoms with Crippen LogP contribution in [0.1, 0.15) is 32.8 Å². The first-order valence-electron chi connectivity index (χ1n) is 9.52. The third kappa shape index (κ3) is 7.51. The smallest absolute Gasteiger partial charge is 0.261 e. The number of ether oxygens (including phenoxy) is 1. The number of carbonyl (C=O) groups excluding carboxylic acids is 2. The molecule has 0 aliphatic carbocycles. The Bertz CT molecular complexity index is 812. The summed E-state index contributed by atoms with van der Waals surface area (Å²) in [6.45, 7) is 5.82. The van der Waals surface area contributed by atoms with E-state index >= 15 is 0 Å². The van der Waals surface area contributed by atoms with Crippen LogP contribution in [0.5, 0.6) is 5.75 Å². The summed E-state index contributed by atoms with van der Waals surface area (Å²) in [4.78, 5) is 27.1. The van der Waals surface area contributed by atoms with Crippen LogP contribution < -0.4 is 10.1 Å². The zero-order valence-corrected chi connectivity index (χ0v) is 19.7. The third-order valence-corrected chi connectivity index (χ3v) is 5.58. The summed E-state index contributed by atoms with van der Waals surface area (Å²) in [6, 6.07) is 14.1. The van der Waals surface area contributed by atoms with Gasteiger partial charge < -0.3 is 15.0 Å². The Labute approximate surface area is 190 Å². The molecular weight excluding hydrogens is 503 g/mol. The van der Waals surface area contributed by atoms with Crippen LogP contribution in [-0.2, 0) is 16.1 Å². The molecule has 2 atom stereocenters. The topological polar surface area (TPSA) is 58.6 Å². The SMILES string of the molecule is CC[C@@H](C)NC(=O)[C@H](C)N(Cc1ccc(Cl)cc1)C(=O)COc1ccc(I)cc1. The Hall–Kier alpha value is -1.80. The van der Waals surface area contributed by atoms with Crippen molar-refractivity contribution in [2.75, 3.05) is 6.61 Å². The Morgan fingerprint density at radius 3 is 2.31 bits per heavy atom. The highest BCUT2D eigenvalue weighted by molar-refractivity contribution is 14.1. The highest BCUT2D eigenvalue weighted by atomic mass is 127. The van der Waals surface area contributed by atoms with E-state index in [4.69, 9.17) is 16.3 Å². The lowest BCUT2D eigenvalue weighted by atomic mass is 10.1. The van der Waals surface area contributed by atoms with E-state index in [1.807, 2.05) is 50.2 Å². The van der Waals surface area contributed by atoms with Gasteiger partial charge in [-0.05, 0) is 84.8 Å². The number of hydrogen-bond acceptors (Lipinski definition) is 3. The monoisotopic (exact) mass is 528 g/mol. The Morgan fingerprint density at radius 2 is 1.72 bits per heavy atom. The van der Waals surface area contributed by atoms with Crippen LogP contribution in [0.15, 0.2) is 48.5 Å². The number of amides is 2. The summed E-state index contributed by atoms with van der Waals surface area (Å²) < 4.78 is 6.73. The highest BCUT2D eigenvalue weighted by Crippen LogP contribution is 2.16. The van der Waals surface area contributed by atoms with Gasteiger partial charge in [0.2, 0.25) is 5.91 Å². The molecule has 0 saturated heterocycles. The van der Waals surface area contributed by atoms with Crippen molar-refractivity contribution in [3.8, 4) is 5.75 Å². The van der Waals surface area contributed by atoms with Gasteiger partial charge in [0, 0.05) is 21.2 Å². The predicted octanol–water partition coefficient (Wildman–Crippen LogP) is 4.66. The van der Waals surface area contributed by atoms with Crippen LogP contribution in [0.3, 0.4) is 0 Å². The fraction of sp³-hybridized carbons (Fsp3) is 0.364. The maximum absolute atomic E-state index is 12.9. The van der Waals surface area contributed by atoms with Crippen LogP contribution in [0.25, 0.3) is 0 Å². The fourth-order valence-corrected chi connectivity index (χ4v) is 3.08. The molecule has 2 rings (SSSR count). The average molecular weight is 529 g/mol. The molecule has 0 unspecified atom stereocenters. The summed E-state index contributed by atoms with van der Waals surface area (Å²) in [5, 5.41) is 3.57. The van der Waals surface area contributed by atoms with Gasteiger partial charge in [-0.3, -0.25) is 9.59 Å². The summed E-state index contributed by atoms with van der Waals surface area (Å²) in [5.74, 6) is 0.170. The minimum atomic E-state index is -0.632. The van der Waals surface area contributed by atoms with Gasteiger partial charge >= 0.3 is 0 Å². The number of hydrogen-bond donors (Lipinski definition) is 1. The zero-order chi connectivity index (χ0) is 21.4. The quantitative estimate of drug-likeness (QED) is 0.482. The van der Waals surface area contributed by atoms with Crippen LogP contribution in [0.4, 0.5) is 0 Å². The van der Waals surface area contributed by atoms with E-state index in [9.17, 15) is 9.59 Å². The van der Waals surface area contributed by atoms with Crippen molar-refractivity contribution in [1.29, 1.82) is 0 Å². The maximum Gasteiger partial charge on any atom is 0.261 e. The van der Waals surface area contributed by atoms with Crippen molar-refractivity contribution < 1.29 is 14.3 Å². The molecule has 0 spiro atoms. The molecule has 156 valence electrons. The van der Waals surface area contributed by atoms with Crippen molar-refractivity contribution >= 4 is 46.0 Å². The van der Waals surface area contributed by atoms with Crippen molar-refractivity contribution in [2.45, 2.75) is 45.8 Å². The number of nitrogens with one attached hydrogen (secondary N) is 1. The van der Waals surface area contributed by atoms with E-state index in [1.54, 1.807) is 19.1 Å². The molecule has 0 saturated carbocycles. The summed E-state index contributed by atoms with van der Waals surface area (Å²) in [6.07, 6.45) is 0.819. The van der Waals surface area contributed by atoms with E-state index in [1.165, 1.54) is 4.90 Å². The largest absolute Gasteiger partial charge is 0.484 e. The summed E-state index contributed by atoms with van der Waals surface area (Å²) in [5.41, 5.74) is 0.889. The standard InChI is InChI=1S/C22H26ClIN2O3/c1-4-15(2)25-22(28)16(3)26(13-17-5-7-18(23)8-6-17)21(27)14-29-20-11-9-19(24)10-12-20/h5-12,15-16H,4,13-14H2,1-3H3,(H,25,28)/t15-,16+/m1/s1. The number of nitrogens with zero attached hydrogens (tertiary/aromatic N) is 1. The molecule has 0 aliphatic heterocycles. The Morgan fingerprint density at radius 1 is 1.10 bits per heavy atom. The molecule has 2 amide bonds. The van der Waals surface area contributed by atoms with Crippen molar-refractivity contribution in [3.63, 3.8) is 0 Å². The molecule has 0 fully saturated rings. The van der Waals surface area contributed by atoms with Gasteiger partial charge in [0.1, 0.15) is 11.8 Å². The van der Waals surface area contributed by atoms with Gasteiger partial charge in [-0.15, -0.1) is 0 Å². The minimum Gasteiger partial charge on any atom is -0.484 e. The molecule has 1 N–H and O–H groups in total. The first-order chi connectivity index (χ1) is 13.8. The van der Waals surface area contributed by atoms with Gasteiger partial charge in [-0.2, -0.15) is 0 Å². The van der Waals surface area contributed by atoms with Gasteiger partial charge in [0.05, 0.1) is 0 Å². The zero-order valence-electron chi connectivity index (χ0n) is 16.8. The lowest BCUT2D eigenvalue weighted by Gasteiger charge is -2.29. The van der Waals surface area contributed by atoms with E-state index < -0.39 is 6.04 Å². The minimum absolute atomic E-state index is 0.0421. The second kappa shape index (κ2) is 11.4. The Kier molecular flexibility index (Phi) is 9.23. The average Bonchev–Trinajstić information content (AvgIpc) is 2.72. The molecule has 5 nitrogen and oxygen atoms in total. The number of carbonyl (C=O) groups is 2. The molecule has 2 aromatic carbocycles. The highest BCUT2D eigenvalue weighted by Gasteiger charge is 2.27. The van der Waals surface area contributed by atoms with E-state index in [-0.39, 0.29) is 24.5 Å². The molecule has 0 aromatic heterocycles. The van der Waals surface area contributed by atoms with Gasteiger partial charge in [0.15, 0.2) is 6.61 Å². The van der Waals surface area contributed by atoms with Crippen molar-refractivity contribution in [3.05, 3.63) is 62.7 Å². The number of benzene rings is 2. The predicted molar refractivity (Wildman–Crippen MR) is 124 cm³/mol. The molecule has 0 bridgehead atoms. The molecule has 2 aromatic rings.